The number of benzene rings is 2. The van der Waals surface area contributed by atoms with E-state index in [9.17, 15) is 47.2 Å². The summed E-state index contributed by atoms with van der Waals surface area (Å²) >= 11 is 0.303. The molecule has 0 fully saturated rings. The predicted octanol–water partition coefficient (Wildman–Crippen LogP) is 2.93. The van der Waals surface area contributed by atoms with E-state index < -0.39 is 53.3 Å². The second-order valence-electron chi connectivity index (χ2n) is 9.89. The molecule has 0 spiro atoms. The number of amides is 1. The Morgan fingerprint density at radius 2 is 1.77 bits per heavy atom. The third-order valence-electron chi connectivity index (χ3n) is 6.69. The molecule has 4 rings (SSSR count). The second kappa shape index (κ2) is 12.9. The molecule has 2 aromatic heterocycles. The van der Waals surface area contributed by atoms with Crippen LogP contribution in [0.15, 0.2) is 65.7 Å². The lowest BCUT2D eigenvalue weighted by molar-refractivity contribution is -0.142. The molecule has 4 radical (unpaired) electrons. The van der Waals surface area contributed by atoms with Crippen LogP contribution in [0.5, 0.6) is 0 Å². The summed E-state index contributed by atoms with van der Waals surface area (Å²) in [4.78, 5) is 17.3. The molecular weight excluding hydrogens is 607 g/mol. The number of rotatable bonds is 11. The molecule has 0 aliphatic rings. The molecule has 5 N–H and O–H groups in total. The van der Waals surface area contributed by atoms with E-state index in [0.717, 1.165) is 12.1 Å². The molecule has 0 aliphatic carbocycles. The summed E-state index contributed by atoms with van der Waals surface area (Å²) in [6.07, 6.45) is -3.91. The first kappa shape index (κ1) is 33.5. The molecule has 0 aliphatic heterocycles. The largest absolute Gasteiger partial charge is 0.416 e. The Bertz CT molecular complexity index is 1650. The Hall–Kier alpha value is -3.43. The van der Waals surface area contributed by atoms with Gasteiger partial charge in [-0.25, -0.2) is 8.78 Å². The number of hydrogen-bond acceptors (Lipinski definition) is 7. The quantitative estimate of drug-likeness (QED) is 0.0746. The molecule has 228 valence electrons. The van der Waals surface area contributed by atoms with E-state index >= 15 is 0 Å². The van der Waals surface area contributed by atoms with Crippen molar-refractivity contribution in [2.45, 2.75) is 40.6 Å². The molecule has 2 aromatic carbocycles. The number of pyridine rings is 1. The number of nitrogens with zero attached hydrogens (tertiary/aromatic N) is 2. The lowest BCUT2D eigenvalue weighted by Gasteiger charge is -2.33. The number of carbonyl (C=O) groups excluding carboxylic acids is 1. The van der Waals surface area contributed by atoms with E-state index in [2.05, 4.69) is 10.3 Å². The van der Waals surface area contributed by atoms with Gasteiger partial charge < -0.3 is 30.3 Å². The first-order valence-corrected chi connectivity index (χ1v) is 13.7. The van der Waals surface area contributed by atoms with Gasteiger partial charge in [0.15, 0.2) is 0 Å². The topological polar surface area (TPSA) is 128 Å². The summed E-state index contributed by atoms with van der Waals surface area (Å²) in [6.45, 7) is -1.55. The minimum Gasteiger partial charge on any atom is -0.403 e. The lowest BCUT2D eigenvalue weighted by Crippen LogP contribution is -2.53. The molecule has 8 nitrogen and oxygen atoms in total. The van der Waals surface area contributed by atoms with E-state index in [1.165, 1.54) is 47.2 Å². The van der Waals surface area contributed by atoms with Crippen LogP contribution in [-0.4, -0.2) is 75.4 Å². The SMILES string of the molecule is [B]C([B])(O)C(O)(O)Sc1ccc(C(CO)NC(=O)c2ccc3c(c2)cc(Cc2ccc(F)cc2C(F)(F)F)n3CCF)nc1. The number of fused-ring (bicyclic) bond motifs is 1. The fraction of sp³-hybridized carbons (Fsp3) is 0.286. The van der Waals surface area contributed by atoms with Gasteiger partial charge in [0.25, 0.3) is 5.91 Å². The number of alkyl halides is 4. The Balaban J connectivity index is 1.57. The van der Waals surface area contributed by atoms with Crippen molar-refractivity contribution in [3.8, 4) is 0 Å². The van der Waals surface area contributed by atoms with Gasteiger partial charge in [-0.05, 0) is 54.1 Å². The number of thioether (sulfide) groups is 1. The van der Waals surface area contributed by atoms with Crippen LogP contribution in [0.2, 0.25) is 0 Å². The van der Waals surface area contributed by atoms with Gasteiger partial charge in [0.05, 0.1) is 30.5 Å². The molecule has 1 unspecified atom stereocenters. The molecule has 0 bridgehead atoms. The highest BCUT2D eigenvalue weighted by Crippen LogP contribution is 2.35. The minimum absolute atomic E-state index is 0.125. The lowest BCUT2D eigenvalue weighted by atomic mass is 9.64. The number of halogens is 5. The predicted molar refractivity (Wildman–Crippen MR) is 153 cm³/mol. The molecule has 4 aromatic rings. The normalized spacial score (nSPS) is 13.3. The van der Waals surface area contributed by atoms with Gasteiger partial charge >= 0.3 is 6.18 Å². The molecule has 16 heteroatoms. The van der Waals surface area contributed by atoms with Gasteiger partial charge in [-0.3, -0.25) is 9.78 Å². The summed E-state index contributed by atoms with van der Waals surface area (Å²) in [5, 5.41) is 36.3. The van der Waals surface area contributed by atoms with Crippen LogP contribution < -0.4 is 5.32 Å². The monoisotopic (exact) mass is 631 g/mol. The number of hydrogen-bond donors (Lipinski definition) is 5. The fourth-order valence-corrected chi connectivity index (χ4v) is 5.22. The maximum atomic E-state index is 13.6. The number of carbonyl (C=O) groups is 1. The van der Waals surface area contributed by atoms with Crippen LogP contribution in [-0.2, 0) is 19.1 Å². The maximum Gasteiger partial charge on any atom is 0.416 e. The molecular formula is C28H24B2F5N3O5S. The smallest absolute Gasteiger partial charge is 0.403 e. The standard InChI is InChI=1S/C28H24B2F5N3O5S/c29-27(30,41)28(42,43)44-20-4-5-22(36-13-20)23(14-39)37-25(40)16-2-6-24-17(9-16)11-19(38(24)8-7-31)10-15-1-3-18(32)12-21(15)26(33,34)35/h1-6,9,11-13,23,39,41-43H,7-8,10,14H2,(H,37,40). The summed E-state index contributed by atoms with van der Waals surface area (Å²) < 4.78 is 69.2. The van der Waals surface area contributed by atoms with Crippen LogP contribution in [0, 0.1) is 5.82 Å². The van der Waals surface area contributed by atoms with Crippen molar-refractivity contribution in [1.29, 1.82) is 0 Å². The van der Waals surface area contributed by atoms with Gasteiger partial charge in [0.2, 0.25) is 5.12 Å². The molecule has 1 amide bonds. The molecule has 2 heterocycles. The third-order valence-corrected chi connectivity index (χ3v) is 7.78. The van der Waals surface area contributed by atoms with Gasteiger partial charge in [-0.2, -0.15) is 13.2 Å². The van der Waals surface area contributed by atoms with Crippen molar-refractivity contribution in [2.24, 2.45) is 0 Å². The highest BCUT2D eigenvalue weighted by atomic mass is 32.2. The van der Waals surface area contributed by atoms with Crippen molar-refractivity contribution >= 4 is 44.3 Å². The van der Waals surface area contributed by atoms with Crippen LogP contribution in [0.1, 0.15) is 38.9 Å². The van der Waals surface area contributed by atoms with Gasteiger partial charge in [0.1, 0.15) is 28.2 Å². The third kappa shape index (κ3) is 7.44. The van der Waals surface area contributed by atoms with Crippen LogP contribution >= 0.6 is 11.8 Å². The molecule has 0 saturated carbocycles. The van der Waals surface area contributed by atoms with E-state index in [1.54, 1.807) is 0 Å². The van der Waals surface area contributed by atoms with Crippen molar-refractivity contribution in [3.63, 3.8) is 0 Å². The molecule has 1 atom stereocenters. The number of nitrogens with one attached hydrogen (secondary N) is 1. The zero-order valence-corrected chi connectivity index (χ0v) is 23.5. The number of aliphatic hydroxyl groups is 4. The van der Waals surface area contributed by atoms with E-state index in [1.807, 2.05) is 0 Å². The Morgan fingerprint density at radius 1 is 1.05 bits per heavy atom. The molecule has 0 saturated heterocycles. The zero-order valence-electron chi connectivity index (χ0n) is 22.7. The van der Waals surface area contributed by atoms with Crippen LogP contribution in [0.25, 0.3) is 10.9 Å². The van der Waals surface area contributed by atoms with Gasteiger partial charge in [-0.1, -0.05) is 17.8 Å². The average Bonchev–Trinajstić information content (AvgIpc) is 3.28. The summed E-state index contributed by atoms with van der Waals surface area (Å²) in [7, 11) is 10.3. The first-order valence-electron chi connectivity index (χ1n) is 12.9. The van der Waals surface area contributed by atoms with E-state index in [4.69, 9.17) is 15.7 Å². The minimum atomic E-state index is -4.81. The van der Waals surface area contributed by atoms with E-state index in [0.29, 0.717) is 34.4 Å². The van der Waals surface area contributed by atoms with Crippen molar-refractivity contribution < 1.29 is 47.2 Å². The number of aromatic nitrogens is 2. The first-order chi connectivity index (χ1) is 20.5. The van der Waals surface area contributed by atoms with Crippen molar-refractivity contribution in [1.82, 2.24) is 14.9 Å². The Labute approximate surface area is 254 Å². The second-order valence-corrected chi connectivity index (χ2v) is 11.1. The Kier molecular flexibility index (Phi) is 9.81. The Morgan fingerprint density at radius 3 is 2.36 bits per heavy atom. The van der Waals surface area contributed by atoms with Crippen molar-refractivity contribution in [2.75, 3.05) is 13.3 Å². The summed E-state index contributed by atoms with van der Waals surface area (Å²) in [5.41, 5.74) is -0.241. The highest BCUT2D eigenvalue weighted by Gasteiger charge is 2.40. The summed E-state index contributed by atoms with van der Waals surface area (Å²) in [5.74, 6) is -1.68. The highest BCUT2D eigenvalue weighted by molar-refractivity contribution is 8.00. The maximum absolute atomic E-state index is 13.6. The number of aliphatic hydroxyl groups excluding tert-OH is 1. The van der Waals surface area contributed by atoms with E-state index in [-0.39, 0.29) is 34.7 Å². The van der Waals surface area contributed by atoms with Gasteiger partial charge in [0, 0.05) is 45.1 Å². The zero-order chi connectivity index (χ0) is 32.4. The fourth-order valence-electron chi connectivity index (χ4n) is 4.49. The van der Waals surface area contributed by atoms with Crippen LogP contribution in [0.3, 0.4) is 0 Å². The summed E-state index contributed by atoms with van der Waals surface area (Å²) in [6, 6.07) is 10.0. The average molecular weight is 631 g/mol. The van der Waals surface area contributed by atoms with Crippen molar-refractivity contribution in [3.05, 3.63) is 94.7 Å². The molecule has 44 heavy (non-hydrogen) atoms. The number of aryl methyl sites for hydroxylation is 1. The van der Waals surface area contributed by atoms with Crippen LogP contribution in [0.4, 0.5) is 22.0 Å². The van der Waals surface area contributed by atoms with Gasteiger partial charge in [-0.15, -0.1) is 0 Å².